The van der Waals surface area contributed by atoms with Crippen molar-refractivity contribution in [2.75, 3.05) is 11.1 Å². The number of para-hydroxylation sites is 1. The predicted molar refractivity (Wildman–Crippen MR) is 121 cm³/mol. The predicted octanol–water partition coefficient (Wildman–Crippen LogP) is 4.04. The zero-order valence-electron chi connectivity index (χ0n) is 17.0. The van der Waals surface area contributed by atoms with Gasteiger partial charge in [0.1, 0.15) is 11.6 Å². The second-order valence-electron chi connectivity index (χ2n) is 6.85. The number of amides is 2. The van der Waals surface area contributed by atoms with Gasteiger partial charge in [0.05, 0.1) is 17.0 Å². The van der Waals surface area contributed by atoms with Crippen molar-refractivity contribution < 1.29 is 18.4 Å². The van der Waals surface area contributed by atoms with Gasteiger partial charge in [-0.25, -0.2) is 8.78 Å². The van der Waals surface area contributed by atoms with E-state index in [0.29, 0.717) is 10.8 Å². The monoisotopic (exact) mass is 465 g/mol. The highest BCUT2D eigenvalue weighted by Crippen LogP contribution is 2.29. The molecule has 7 nitrogen and oxygen atoms in total. The number of aromatic nitrogens is 3. The summed E-state index contributed by atoms with van der Waals surface area (Å²) in [7, 11) is 0. The Balaban J connectivity index is 1.59. The molecule has 3 aromatic carbocycles. The SMILES string of the molecule is NC(=O)c1ccc(F)c(NC(=O)CSc2nnc(-c3ccccc3F)n2-c2ccccc2)c1. The number of carbonyl (C=O) groups excluding carboxylic acids is 2. The number of carbonyl (C=O) groups is 2. The first kappa shape index (κ1) is 22.2. The fourth-order valence-corrected chi connectivity index (χ4v) is 3.83. The van der Waals surface area contributed by atoms with Gasteiger partial charge in [-0.05, 0) is 42.5 Å². The van der Waals surface area contributed by atoms with Crippen LogP contribution in [0.5, 0.6) is 0 Å². The number of rotatable bonds is 7. The second-order valence-corrected chi connectivity index (χ2v) is 7.80. The van der Waals surface area contributed by atoms with Crippen molar-refractivity contribution in [3.05, 3.63) is 90.0 Å². The lowest BCUT2D eigenvalue weighted by atomic mass is 10.2. The van der Waals surface area contributed by atoms with E-state index in [1.165, 1.54) is 18.2 Å². The summed E-state index contributed by atoms with van der Waals surface area (Å²) < 4.78 is 30.1. The normalized spacial score (nSPS) is 10.7. The highest BCUT2D eigenvalue weighted by Gasteiger charge is 2.20. The van der Waals surface area contributed by atoms with Crippen molar-refractivity contribution in [1.82, 2.24) is 14.8 Å². The Hall–Kier alpha value is -4.05. The molecule has 0 aliphatic carbocycles. The number of halogens is 2. The zero-order chi connectivity index (χ0) is 23.4. The lowest BCUT2D eigenvalue weighted by Crippen LogP contribution is -2.17. The van der Waals surface area contributed by atoms with Gasteiger partial charge in [-0.3, -0.25) is 14.2 Å². The van der Waals surface area contributed by atoms with Crippen LogP contribution in [0.3, 0.4) is 0 Å². The van der Waals surface area contributed by atoms with E-state index in [4.69, 9.17) is 5.73 Å². The number of hydrogen-bond donors (Lipinski definition) is 2. The van der Waals surface area contributed by atoms with Gasteiger partial charge in [0.2, 0.25) is 11.8 Å². The fourth-order valence-electron chi connectivity index (χ4n) is 3.08. The maximum Gasteiger partial charge on any atom is 0.248 e. The van der Waals surface area contributed by atoms with E-state index in [2.05, 4.69) is 15.5 Å². The van der Waals surface area contributed by atoms with Crippen LogP contribution in [0.1, 0.15) is 10.4 Å². The van der Waals surface area contributed by atoms with Crippen molar-refractivity contribution >= 4 is 29.3 Å². The summed E-state index contributed by atoms with van der Waals surface area (Å²) in [5, 5.41) is 11.0. The van der Waals surface area contributed by atoms with Crippen molar-refractivity contribution in [2.24, 2.45) is 5.73 Å². The first-order valence-corrected chi connectivity index (χ1v) is 10.7. The van der Waals surface area contributed by atoms with Gasteiger partial charge in [-0.2, -0.15) is 0 Å². The summed E-state index contributed by atoms with van der Waals surface area (Å²) in [6.07, 6.45) is 0. The minimum Gasteiger partial charge on any atom is -0.366 e. The molecule has 0 aliphatic heterocycles. The van der Waals surface area contributed by atoms with E-state index in [1.807, 2.05) is 30.3 Å². The molecule has 0 bridgehead atoms. The molecular formula is C23H17F2N5O2S. The first-order chi connectivity index (χ1) is 15.9. The third-order valence-corrected chi connectivity index (χ3v) is 5.55. The fraction of sp³-hybridized carbons (Fsp3) is 0.0435. The van der Waals surface area contributed by atoms with Crippen molar-refractivity contribution in [3.63, 3.8) is 0 Å². The van der Waals surface area contributed by atoms with Crippen LogP contribution in [0.25, 0.3) is 17.1 Å². The summed E-state index contributed by atoms with van der Waals surface area (Å²) in [5.41, 5.74) is 6.06. The molecule has 0 atom stereocenters. The Morgan fingerprint density at radius 2 is 1.67 bits per heavy atom. The maximum absolute atomic E-state index is 14.4. The van der Waals surface area contributed by atoms with E-state index in [1.54, 1.807) is 22.8 Å². The molecule has 33 heavy (non-hydrogen) atoms. The maximum atomic E-state index is 14.4. The second kappa shape index (κ2) is 9.61. The topological polar surface area (TPSA) is 103 Å². The minimum atomic E-state index is -0.739. The van der Waals surface area contributed by atoms with E-state index in [9.17, 15) is 18.4 Å². The minimum absolute atomic E-state index is 0.0673. The Bertz CT molecular complexity index is 1330. The van der Waals surface area contributed by atoms with Crippen LogP contribution >= 0.6 is 11.8 Å². The van der Waals surface area contributed by atoms with Gasteiger partial charge >= 0.3 is 0 Å². The molecule has 1 aromatic heterocycles. The standard InChI is InChI=1S/C23H17F2N5O2S/c24-17-9-5-4-8-16(17)22-28-29-23(30(22)15-6-2-1-3-7-15)33-13-20(31)27-19-12-14(21(26)32)10-11-18(19)25/h1-12H,13H2,(H2,26,32)(H,27,31). The molecule has 2 amide bonds. The van der Waals surface area contributed by atoms with Crippen LogP contribution in [0, 0.1) is 11.6 Å². The summed E-state index contributed by atoms with van der Waals surface area (Å²) >= 11 is 1.05. The van der Waals surface area contributed by atoms with Crippen LogP contribution in [0.2, 0.25) is 0 Å². The average molecular weight is 465 g/mol. The highest BCUT2D eigenvalue weighted by atomic mass is 32.2. The van der Waals surface area contributed by atoms with Gasteiger partial charge in [0.15, 0.2) is 11.0 Å². The number of anilines is 1. The molecule has 0 radical (unpaired) electrons. The third-order valence-electron chi connectivity index (χ3n) is 4.62. The number of nitrogens with zero attached hydrogens (tertiary/aromatic N) is 3. The van der Waals surface area contributed by atoms with Crippen LogP contribution in [0.4, 0.5) is 14.5 Å². The summed E-state index contributed by atoms with van der Waals surface area (Å²) in [6.45, 7) is 0. The molecule has 4 aromatic rings. The molecule has 4 rings (SSSR count). The number of benzene rings is 3. The third kappa shape index (κ3) is 4.90. The molecule has 0 aliphatic rings. The number of nitrogens with one attached hydrogen (secondary N) is 1. The van der Waals surface area contributed by atoms with Gasteiger partial charge in [-0.15, -0.1) is 10.2 Å². The van der Waals surface area contributed by atoms with Gasteiger partial charge in [-0.1, -0.05) is 42.1 Å². The number of hydrogen-bond acceptors (Lipinski definition) is 5. The number of primary amides is 1. The van der Waals surface area contributed by atoms with Gasteiger partial charge in [0, 0.05) is 11.3 Å². The molecule has 0 fully saturated rings. The van der Waals surface area contributed by atoms with E-state index in [-0.39, 0.29) is 28.4 Å². The quantitative estimate of drug-likeness (QED) is 0.401. The molecule has 0 spiro atoms. The smallest absolute Gasteiger partial charge is 0.248 e. The van der Waals surface area contributed by atoms with Crippen molar-refractivity contribution in [1.29, 1.82) is 0 Å². The molecular weight excluding hydrogens is 448 g/mol. The molecule has 3 N–H and O–H groups in total. The molecule has 10 heteroatoms. The zero-order valence-corrected chi connectivity index (χ0v) is 17.9. The first-order valence-electron chi connectivity index (χ1n) is 9.72. The Morgan fingerprint density at radius 3 is 2.39 bits per heavy atom. The Morgan fingerprint density at radius 1 is 0.939 bits per heavy atom. The van der Waals surface area contributed by atoms with E-state index < -0.39 is 23.4 Å². The molecule has 166 valence electrons. The molecule has 1 heterocycles. The summed E-state index contributed by atoms with van der Waals surface area (Å²) in [6, 6.07) is 18.7. The average Bonchev–Trinajstić information content (AvgIpc) is 3.23. The Labute approximate surface area is 191 Å². The van der Waals surface area contributed by atoms with Crippen LogP contribution in [-0.2, 0) is 4.79 Å². The van der Waals surface area contributed by atoms with E-state index in [0.717, 1.165) is 17.8 Å². The number of thioether (sulfide) groups is 1. The summed E-state index contributed by atoms with van der Waals surface area (Å²) in [5.74, 6) is -2.29. The highest BCUT2D eigenvalue weighted by molar-refractivity contribution is 7.99. The lowest BCUT2D eigenvalue weighted by Gasteiger charge is -2.11. The Kier molecular flexibility index (Phi) is 6.45. The van der Waals surface area contributed by atoms with Crippen LogP contribution in [0.15, 0.2) is 78.0 Å². The van der Waals surface area contributed by atoms with Crippen LogP contribution in [-0.4, -0.2) is 32.3 Å². The van der Waals surface area contributed by atoms with Crippen molar-refractivity contribution in [2.45, 2.75) is 5.16 Å². The van der Waals surface area contributed by atoms with Gasteiger partial charge < -0.3 is 11.1 Å². The molecule has 0 saturated carbocycles. The van der Waals surface area contributed by atoms with Crippen molar-refractivity contribution in [3.8, 4) is 17.1 Å². The van der Waals surface area contributed by atoms with E-state index >= 15 is 0 Å². The number of nitrogens with two attached hydrogens (primary N) is 1. The summed E-state index contributed by atoms with van der Waals surface area (Å²) in [4.78, 5) is 23.8. The molecule has 0 unspecified atom stereocenters. The lowest BCUT2D eigenvalue weighted by molar-refractivity contribution is -0.113. The van der Waals surface area contributed by atoms with Gasteiger partial charge in [0.25, 0.3) is 0 Å². The van der Waals surface area contributed by atoms with Crippen LogP contribution < -0.4 is 11.1 Å². The largest absolute Gasteiger partial charge is 0.366 e. The molecule has 0 saturated heterocycles.